The van der Waals surface area contributed by atoms with Crippen LogP contribution in [-0.2, 0) is 9.59 Å². The van der Waals surface area contributed by atoms with E-state index in [1.54, 1.807) is 42.7 Å². The van der Waals surface area contributed by atoms with Gasteiger partial charge < -0.3 is 19.5 Å². The van der Waals surface area contributed by atoms with Gasteiger partial charge >= 0.3 is 0 Å². The number of Topliss-reactive ketones (excluding diaryl/α,β-unsaturated/α-hetero) is 1. The van der Waals surface area contributed by atoms with Crippen molar-refractivity contribution in [3.63, 3.8) is 0 Å². The average molecular weight is 424 g/mol. The average Bonchev–Trinajstić information content (AvgIpc) is 3.03. The highest BCUT2D eigenvalue weighted by atomic mass is 16.5. The number of nitrogens with zero attached hydrogens (tertiary/aromatic N) is 2. The molecule has 1 aliphatic rings. The fraction of sp³-hybridized carbons (Fsp3) is 0.375. The molecule has 3 rings (SSSR count). The van der Waals surface area contributed by atoms with Crippen molar-refractivity contribution in [2.45, 2.75) is 39.7 Å². The molecule has 2 heterocycles. The number of amides is 1. The SMILES string of the molecule is CCCCN1C(=O)C(=O)/C(=C(\O)c2ccc(OCC)cc2OCC)C1c1cccnc1. The summed E-state index contributed by atoms with van der Waals surface area (Å²) < 4.78 is 11.2. The van der Waals surface area contributed by atoms with Crippen LogP contribution in [0.3, 0.4) is 0 Å². The molecule has 1 N–H and O–H groups in total. The summed E-state index contributed by atoms with van der Waals surface area (Å²) in [6, 6.07) is 7.86. The molecule has 1 aromatic carbocycles. The normalized spacial score (nSPS) is 17.8. The Morgan fingerprint density at radius 2 is 1.90 bits per heavy atom. The molecule has 1 fully saturated rings. The number of hydrogen-bond acceptors (Lipinski definition) is 6. The van der Waals surface area contributed by atoms with Crippen LogP contribution in [0.2, 0.25) is 0 Å². The van der Waals surface area contributed by atoms with E-state index in [2.05, 4.69) is 4.98 Å². The van der Waals surface area contributed by atoms with Gasteiger partial charge in [0.1, 0.15) is 17.3 Å². The number of benzene rings is 1. The van der Waals surface area contributed by atoms with Gasteiger partial charge in [-0.3, -0.25) is 14.6 Å². The van der Waals surface area contributed by atoms with Crippen LogP contribution in [-0.4, -0.2) is 46.4 Å². The summed E-state index contributed by atoms with van der Waals surface area (Å²) in [5, 5.41) is 11.3. The number of unbranched alkanes of at least 4 members (excludes halogenated alkanes) is 1. The van der Waals surface area contributed by atoms with Gasteiger partial charge in [-0.05, 0) is 44.0 Å². The van der Waals surface area contributed by atoms with Crippen molar-refractivity contribution in [2.24, 2.45) is 0 Å². The van der Waals surface area contributed by atoms with Crippen LogP contribution in [0, 0.1) is 0 Å². The molecule has 0 bridgehead atoms. The molecule has 31 heavy (non-hydrogen) atoms. The summed E-state index contributed by atoms with van der Waals surface area (Å²) in [4.78, 5) is 31.5. The number of carbonyl (C=O) groups is 2. The molecule has 2 aromatic rings. The molecule has 0 aliphatic carbocycles. The number of aliphatic hydroxyl groups is 1. The maximum absolute atomic E-state index is 13.0. The largest absolute Gasteiger partial charge is 0.507 e. The Bertz CT molecular complexity index is 971. The zero-order valence-electron chi connectivity index (χ0n) is 18.1. The van der Waals surface area contributed by atoms with Gasteiger partial charge in [-0.25, -0.2) is 0 Å². The predicted octanol–water partition coefficient (Wildman–Crippen LogP) is 4.10. The van der Waals surface area contributed by atoms with E-state index in [1.165, 1.54) is 4.90 Å². The third-order valence-corrected chi connectivity index (χ3v) is 5.11. The van der Waals surface area contributed by atoms with Crippen molar-refractivity contribution in [3.05, 3.63) is 59.4 Å². The van der Waals surface area contributed by atoms with Crippen molar-refractivity contribution < 1.29 is 24.2 Å². The highest BCUT2D eigenvalue weighted by molar-refractivity contribution is 6.46. The number of aromatic nitrogens is 1. The zero-order valence-corrected chi connectivity index (χ0v) is 18.1. The van der Waals surface area contributed by atoms with Gasteiger partial charge in [0.05, 0.1) is 30.4 Å². The molecule has 1 saturated heterocycles. The lowest BCUT2D eigenvalue weighted by molar-refractivity contribution is -0.139. The van der Waals surface area contributed by atoms with Crippen molar-refractivity contribution in [1.29, 1.82) is 0 Å². The Kier molecular flexibility index (Phi) is 7.28. The lowest BCUT2D eigenvalue weighted by Crippen LogP contribution is -2.30. The molecule has 1 aliphatic heterocycles. The van der Waals surface area contributed by atoms with Crippen LogP contribution < -0.4 is 9.47 Å². The second-order valence-electron chi connectivity index (χ2n) is 7.16. The van der Waals surface area contributed by atoms with E-state index in [4.69, 9.17) is 9.47 Å². The predicted molar refractivity (Wildman–Crippen MR) is 117 cm³/mol. The minimum atomic E-state index is -0.709. The second kappa shape index (κ2) is 10.1. The smallest absolute Gasteiger partial charge is 0.295 e. The van der Waals surface area contributed by atoms with Gasteiger partial charge in [-0.15, -0.1) is 0 Å². The van der Waals surface area contributed by atoms with Crippen molar-refractivity contribution in [3.8, 4) is 11.5 Å². The van der Waals surface area contributed by atoms with Crippen LogP contribution in [0.25, 0.3) is 5.76 Å². The Balaban J connectivity index is 2.16. The van der Waals surface area contributed by atoms with E-state index < -0.39 is 17.7 Å². The van der Waals surface area contributed by atoms with Crippen molar-refractivity contribution in [1.82, 2.24) is 9.88 Å². The molecule has 1 aromatic heterocycles. The van der Waals surface area contributed by atoms with E-state index >= 15 is 0 Å². The van der Waals surface area contributed by atoms with Gasteiger partial charge in [0.15, 0.2) is 0 Å². The van der Waals surface area contributed by atoms with Gasteiger partial charge in [-0.2, -0.15) is 0 Å². The maximum atomic E-state index is 13.0. The molecular formula is C24H28N2O5. The third kappa shape index (κ3) is 4.55. The molecule has 164 valence electrons. The number of ether oxygens (including phenoxy) is 2. The van der Waals surface area contributed by atoms with E-state index in [-0.39, 0.29) is 11.3 Å². The Morgan fingerprint density at radius 3 is 2.55 bits per heavy atom. The van der Waals surface area contributed by atoms with E-state index in [0.29, 0.717) is 42.4 Å². The standard InChI is InChI=1S/C24H28N2O5/c1-4-7-13-26-21(16-9-8-12-25-15-16)20(23(28)24(26)29)22(27)18-11-10-17(30-5-2)14-19(18)31-6-3/h8-12,14-15,21,27H,4-7,13H2,1-3H3/b22-20-. The summed E-state index contributed by atoms with van der Waals surface area (Å²) in [6.45, 7) is 6.99. The molecule has 1 unspecified atom stereocenters. The van der Waals surface area contributed by atoms with Gasteiger partial charge in [0, 0.05) is 25.0 Å². The van der Waals surface area contributed by atoms with E-state index in [9.17, 15) is 14.7 Å². The molecule has 1 atom stereocenters. The zero-order chi connectivity index (χ0) is 22.4. The molecule has 0 spiro atoms. The fourth-order valence-corrected chi connectivity index (χ4v) is 3.70. The molecule has 0 saturated carbocycles. The van der Waals surface area contributed by atoms with Crippen LogP contribution in [0.1, 0.15) is 50.8 Å². The van der Waals surface area contributed by atoms with Crippen LogP contribution in [0.4, 0.5) is 0 Å². The highest BCUT2D eigenvalue weighted by Crippen LogP contribution is 2.41. The van der Waals surface area contributed by atoms with Crippen molar-refractivity contribution in [2.75, 3.05) is 19.8 Å². The Hall–Kier alpha value is -3.35. The molecule has 7 heteroatoms. The highest BCUT2D eigenvalue weighted by Gasteiger charge is 2.46. The first kappa shape index (κ1) is 22.3. The summed E-state index contributed by atoms with van der Waals surface area (Å²) >= 11 is 0. The van der Waals surface area contributed by atoms with Crippen LogP contribution in [0.5, 0.6) is 11.5 Å². The summed E-state index contributed by atoms with van der Waals surface area (Å²) in [5.41, 5.74) is 1.05. The first-order valence-corrected chi connectivity index (χ1v) is 10.6. The lowest BCUT2D eigenvalue weighted by atomic mass is 9.96. The number of aliphatic hydroxyl groups excluding tert-OH is 1. The lowest BCUT2D eigenvalue weighted by Gasteiger charge is -2.25. The minimum absolute atomic E-state index is 0.0409. The third-order valence-electron chi connectivity index (χ3n) is 5.11. The van der Waals surface area contributed by atoms with E-state index in [1.807, 2.05) is 20.8 Å². The van der Waals surface area contributed by atoms with E-state index in [0.717, 1.165) is 12.8 Å². The number of rotatable bonds is 9. The monoisotopic (exact) mass is 424 g/mol. The van der Waals surface area contributed by atoms with Gasteiger partial charge in [0.25, 0.3) is 11.7 Å². The number of likely N-dealkylation sites (tertiary alicyclic amines) is 1. The fourth-order valence-electron chi connectivity index (χ4n) is 3.70. The number of ketones is 1. The summed E-state index contributed by atoms with van der Waals surface area (Å²) in [7, 11) is 0. The Morgan fingerprint density at radius 1 is 1.13 bits per heavy atom. The summed E-state index contributed by atoms with van der Waals surface area (Å²) in [6.07, 6.45) is 4.86. The molecule has 0 radical (unpaired) electrons. The molecular weight excluding hydrogens is 396 g/mol. The van der Waals surface area contributed by atoms with Gasteiger partial charge in [0.2, 0.25) is 0 Å². The quantitative estimate of drug-likeness (QED) is 0.370. The number of hydrogen-bond donors (Lipinski definition) is 1. The first-order valence-electron chi connectivity index (χ1n) is 10.6. The van der Waals surface area contributed by atoms with Crippen LogP contribution >= 0.6 is 0 Å². The second-order valence-corrected chi connectivity index (χ2v) is 7.16. The Labute approximate surface area is 182 Å². The number of carbonyl (C=O) groups excluding carboxylic acids is 2. The minimum Gasteiger partial charge on any atom is -0.507 e. The maximum Gasteiger partial charge on any atom is 0.295 e. The molecule has 1 amide bonds. The molecule has 7 nitrogen and oxygen atoms in total. The topological polar surface area (TPSA) is 89.0 Å². The first-order chi connectivity index (χ1) is 15.0. The summed E-state index contributed by atoms with van der Waals surface area (Å²) in [5.74, 6) is -0.616. The van der Waals surface area contributed by atoms with Crippen LogP contribution in [0.15, 0.2) is 48.3 Å². The van der Waals surface area contributed by atoms with Crippen molar-refractivity contribution >= 4 is 17.4 Å². The number of pyridine rings is 1. The van der Waals surface area contributed by atoms with Gasteiger partial charge in [-0.1, -0.05) is 19.4 Å².